The first-order chi connectivity index (χ1) is 9.42. The van der Waals surface area contributed by atoms with Crippen molar-refractivity contribution in [2.75, 3.05) is 0 Å². The third-order valence-electron chi connectivity index (χ3n) is 3.23. The van der Waals surface area contributed by atoms with Crippen molar-refractivity contribution in [1.29, 1.82) is 0 Å². The highest BCUT2D eigenvalue weighted by molar-refractivity contribution is 7.21. The van der Waals surface area contributed by atoms with Gasteiger partial charge in [0.05, 0.1) is 5.52 Å². The van der Waals surface area contributed by atoms with Gasteiger partial charge in [0.2, 0.25) is 0 Å². The summed E-state index contributed by atoms with van der Waals surface area (Å²) in [5.74, 6) is 0. The Balaban J connectivity index is 2.03. The lowest BCUT2D eigenvalue weighted by Gasteiger charge is -2.10. The molecule has 0 saturated heterocycles. The van der Waals surface area contributed by atoms with Crippen molar-refractivity contribution >= 4 is 32.3 Å². The van der Waals surface area contributed by atoms with Crippen molar-refractivity contribution in [3.63, 3.8) is 0 Å². The molecule has 0 saturated carbocycles. The van der Waals surface area contributed by atoms with Crippen LogP contribution in [-0.2, 0) is 0 Å². The smallest absolute Gasteiger partial charge is 0.0697 e. The summed E-state index contributed by atoms with van der Waals surface area (Å²) in [5, 5.41) is 3.48. The highest BCUT2D eigenvalue weighted by Crippen LogP contribution is 2.33. The van der Waals surface area contributed by atoms with E-state index in [4.69, 9.17) is 4.98 Å². The van der Waals surface area contributed by atoms with Gasteiger partial charge in [0.15, 0.2) is 0 Å². The van der Waals surface area contributed by atoms with Gasteiger partial charge in [0.25, 0.3) is 0 Å². The number of rotatable bonds is 1. The molecule has 0 bridgehead atoms. The lowest BCUT2D eigenvalue weighted by Crippen LogP contribution is -1.80. The molecule has 0 amide bonds. The standard InChI is InChI=1S/C17H10NS/c1-2-8-13-12(6-1)7-5-9-14(13)17-18-15-10-3-4-11-16(15)19-17/h1-8,10-11H/q-1. The number of aromatic nitrogens is 1. The largest absolute Gasteiger partial charge is 0.285 e. The molecule has 1 nitrogen and oxygen atoms in total. The van der Waals surface area contributed by atoms with Crippen molar-refractivity contribution in [3.8, 4) is 10.6 Å². The Morgan fingerprint density at radius 1 is 0.895 bits per heavy atom. The van der Waals surface area contributed by atoms with E-state index in [1.165, 1.54) is 15.5 Å². The minimum atomic E-state index is 1.04. The Labute approximate surface area is 115 Å². The highest BCUT2D eigenvalue weighted by atomic mass is 32.1. The van der Waals surface area contributed by atoms with E-state index in [0.717, 1.165) is 16.1 Å². The van der Waals surface area contributed by atoms with Crippen LogP contribution in [0.1, 0.15) is 0 Å². The van der Waals surface area contributed by atoms with Crippen LogP contribution in [0.5, 0.6) is 0 Å². The number of benzene rings is 3. The van der Waals surface area contributed by atoms with Crippen LogP contribution in [0.25, 0.3) is 31.6 Å². The molecule has 0 fully saturated rings. The molecular formula is C17H10NS-. The summed E-state index contributed by atoms with van der Waals surface area (Å²) in [5.41, 5.74) is 2.16. The lowest BCUT2D eigenvalue weighted by molar-refractivity contribution is 1.49. The van der Waals surface area contributed by atoms with Gasteiger partial charge in [-0.05, 0) is 12.1 Å². The lowest BCUT2D eigenvalue weighted by atomic mass is 10.1. The summed E-state index contributed by atoms with van der Waals surface area (Å²) < 4.78 is 1.22. The van der Waals surface area contributed by atoms with E-state index in [2.05, 4.69) is 54.6 Å². The zero-order chi connectivity index (χ0) is 12.7. The molecule has 0 aliphatic rings. The molecule has 0 unspecified atom stereocenters. The Morgan fingerprint density at radius 3 is 2.68 bits per heavy atom. The summed E-state index contributed by atoms with van der Waals surface area (Å²) in [6.07, 6.45) is 0. The maximum atomic E-state index is 4.72. The summed E-state index contributed by atoms with van der Waals surface area (Å²) in [6, 6.07) is 24.0. The molecule has 0 atom stereocenters. The molecule has 3 aromatic carbocycles. The molecule has 0 aliphatic carbocycles. The van der Waals surface area contributed by atoms with Gasteiger partial charge in [-0.3, -0.25) is 4.98 Å². The molecule has 0 N–H and O–H groups in total. The number of thiazole rings is 1. The van der Waals surface area contributed by atoms with E-state index < -0.39 is 0 Å². The molecule has 90 valence electrons. The number of hydrogen-bond acceptors (Lipinski definition) is 2. The van der Waals surface area contributed by atoms with E-state index in [1.54, 1.807) is 11.3 Å². The molecule has 1 heterocycles. The average Bonchev–Trinajstić information content (AvgIpc) is 2.90. The van der Waals surface area contributed by atoms with Gasteiger partial charge in [-0.15, -0.1) is 29.1 Å². The van der Waals surface area contributed by atoms with Gasteiger partial charge in [-0.2, -0.15) is 11.3 Å². The van der Waals surface area contributed by atoms with Gasteiger partial charge in [0, 0.05) is 9.71 Å². The number of para-hydroxylation sites is 1. The molecule has 2 heteroatoms. The molecule has 4 aromatic rings. The van der Waals surface area contributed by atoms with Gasteiger partial charge in [-0.25, -0.2) is 0 Å². The van der Waals surface area contributed by atoms with Crippen LogP contribution in [0.2, 0.25) is 0 Å². The van der Waals surface area contributed by atoms with E-state index in [0.29, 0.717) is 0 Å². The number of fused-ring (bicyclic) bond motifs is 2. The summed E-state index contributed by atoms with van der Waals surface area (Å²) in [4.78, 5) is 4.72. The zero-order valence-corrected chi connectivity index (χ0v) is 10.9. The Hall–Kier alpha value is -2.19. The minimum Gasteiger partial charge on any atom is -0.285 e. The van der Waals surface area contributed by atoms with Gasteiger partial charge >= 0.3 is 0 Å². The summed E-state index contributed by atoms with van der Waals surface area (Å²) >= 11 is 1.72. The monoisotopic (exact) mass is 260 g/mol. The fraction of sp³-hybridized carbons (Fsp3) is 0. The van der Waals surface area contributed by atoms with Crippen molar-refractivity contribution < 1.29 is 0 Å². The summed E-state index contributed by atoms with van der Waals surface area (Å²) in [6.45, 7) is 0. The van der Waals surface area contributed by atoms with Gasteiger partial charge < -0.3 is 0 Å². The molecule has 0 radical (unpaired) electrons. The average molecular weight is 260 g/mol. The van der Waals surface area contributed by atoms with Crippen molar-refractivity contribution in [1.82, 2.24) is 4.98 Å². The van der Waals surface area contributed by atoms with Gasteiger partial charge in [-0.1, -0.05) is 41.8 Å². The fourth-order valence-electron chi connectivity index (χ4n) is 2.32. The third-order valence-corrected chi connectivity index (χ3v) is 4.28. The molecule has 0 aliphatic heterocycles. The van der Waals surface area contributed by atoms with E-state index in [9.17, 15) is 0 Å². The maximum Gasteiger partial charge on any atom is 0.0697 e. The normalized spacial score (nSPS) is 11.2. The van der Waals surface area contributed by atoms with E-state index in [-0.39, 0.29) is 0 Å². The van der Waals surface area contributed by atoms with Crippen LogP contribution in [0.15, 0.2) is 60.7 Å². The van der Waals surface area contributed by atoms with E-state index in [1.807, 2.05) is 12.1 Å². The Bertz CT molecular complexity index is 838. The van der Waals surface area contributed by atoms with Crippen LogP contribution in [-0.4, -0.2) is 4.98 Å². The predicted octanol–water partition coefficient (Wildman–Crippen LogP) is 4.92. The number of hydrogen-bond donors (Lipinski definition) is 0. The van der Waals surface area contributed by atoms with Crippen LogP contribution in [0.4, 0.5) is 0 Å². The SMILES string of the molecule is [c-]1ccc2ccccc2c1-c1nc2ccccc2s1. The van der Waals surface area contributed by atoms with Crippen molar-refractivity contribution in [3.05, 3.63) is 66.7 Å². The Morgan fingerprint density at radius 2 is 1.74 bits per heavy atom. The topological polar surface area (TPSA) is 12.9 Å². The zero-order valence-electron chi connectivity index (χ0n) is 10.1. The third kappa shape index (κ3) is 1.72. The van der Waals surface area contributed by atoms with Crippen LogP contribution >= 0.6 is 11.3 Å². The first-order valence-electron chi connectivity index (χ1n) is 6.17. The quantitative estimate of drug-likeness (QED) is 0.443. The first kappa shape index (κ1) is 10.7. The molecule has 0 spiro atoms. The van der Waals surface area contributed by atoms with Crippen LogP contribution < -0.4 is 0 Å². The minimum absolute atomic E-state index is 1.04. The molecule has 1 aromatic heterocycles. The van der Waals surface area contributed by atoms with Crippen LogP contribution in [0.3, 0.4) is 0 Å². The molecule has 19 heavy (non-hydrogen) atoms. The fourth-order valence-corrected chi connectivity index (χ4v) is 3.31. The Kier molecular flexibility index (Phi) is 2.35. The van der Waals surface area contributed by atoms with Gasteiger partial charge in [0.1, 0.15) is 0 Å². The van der Waals surface area contributed by atoms with Crippen LogP contribution in [0, 0.1) is 6.07 Å². The molecular weight excluding hydrogens is 250 g/mol. The highest BCUT2D eigenvalue weighted by Gasteiger charge is 2.02. The second kappa shape index (κ2) is 4.18. The second-order valence-corrected chi connectivity index (χ2v) is 5.46. The number of nitrogens with zero attached hydrogens (tertiary/aromatic N) is 1. The second-order valence-electron chi connectivity index (χ2n) is 4.43. The van der Waals surface area contributed by atoms with Crippen molar-refractivity contribution in [2.24, 2.45) is 0 Å². The first-order valence-corrected chi connectivity index (χ1v) is 6.99. The molecule has 4 rings (SSSR count). The predicted molar refractivity (Wildman–Crippen MR) is 81.4 cm³/mol. The summed E-state index contributed by atoms with van der Waals surface area (Å²) in [7, 11) is 0. The van der Waals surface area contributed by atoms with Crippen molar-refractivity contribution in [2.45, 2.75) is 0 Å². The maximum absolute atomic E-state index is 4.72. The van der Waals surface area contributed by atoms with E-state index >= 15 is 0 Å².